The van der Waals surface area contributed by atoms with Crippen LogP contribution in [0.2, 0.25) is 0 Å². The maximum atomic E-state index is 14.7. The number of aromatic nitrogens is 2. The van der Waals surface area contributed by atoms with Gasteiger partial charge in [-0.2, -0.15) is 0 Å². The molecule has 0 saturated heterocycles. The van der Waals surface area contributed by atoms with Crippen LogP contribution < -0.4 is 0 Å². The molecule has 0 unspecified atom stereocenters. The number of ether oxygens (including phenoxy) is 1. The molecule has 0 spiro atoms. The molecule has 0 bridgehead atoms. The van der Waals surface area contributed by atoms with Crippen LogP contribution in [-0.4, -0.2) is 47.2 Å². The van der Waals surface area contributed by atoms with E-state index in [9.17, 15) is 17.6 Å². The Morgan fingerprint density at radius 3 is 2.67 bits per heavy atom. The van der Waals surface area contributed by atoms with E-state index in [2.05, 4.69) is 4.98 Å². The topological polar surface area (TPSA) is 81.5 Å². The summed E-state index contributed by atoms with van der Waals surface area (Å²) in [4.78, 5) is 17.4. The molecular formula is C23H26FN3O4S2. The number of amides is 1. The monoisotopic (exact) mass is 494 g/mol. The molecule has 0 aliphatic carbocycles. The van der Waals surface area contributed by atoms with Gasteiger partial charge in [-0.1, -0.05) is 12.1 Å². The quantitative estimate of drug-likeness (QED) is 0.448. The molecule has 10 heteroatoms. The van der Waals surface area contributed by atoms with E-state index >= 15 is 0 Å². The van der Waals surface area contributed by atoms with Crippen LogP contribution in [0.15, 0.2) is 64.8 Å². The Balaban J connectivity index is 2.07. The van der Waals surface area contributed by atoms with Crippen LogP contribution in [0.5, 0.6) is 0 Å². The molecule has 2 heterocycles. The zero-order chi connectivity index (χ0) is 26.9. The van der Waals surface area contributed by atoms with Crippen LogP contribution in [0.25, 0.3) is 11.3 Å². The van der Waals surface area contributed by atoms with Gasteiger partial charge >= 0.3 is 6.09 Å². The predicted molar refractivity (Wildman–Crippen MR) is 126 cm³/mol. The summed E-state index contributed by atoms with van der Waals surface area (Å²) < 4.78 is 70.5. The van der Waals surface area contributed by atoms with Gasteiger partial charge in [0.2, 0.25) is 0 Å². The fraction of sp³-hybridized carbons (Fsp3) is 0.304. The SMILES string of the molecule is [2H]C([2H])([2H])Sc1cncc(S(=O)(=O)n2cc(CN(C)C(=O)OC(C)(C)C)cc2-c2ccccc2F)c1. The number of hydrogen-bond acceptors (Lipinski definition) is 6. The average molecular weight is 495 g/mol. The van der Waals surface area contributed by atoms with Gasteiger partial charge in [0.05, 0.1) is 12.2 Å². The number of thioether (sulfide) groups is 1. The molecule has 1 amide bonds. The lowest BCUT2D eigenvalue weighted by Crippen LogP contribution is -2.33. The number of halogens is 1. The molecule has 0 saturated carbocycles. The Labute approximate surface area is 201 Å². The highest BCUT2D eigenvalue weighted by molar-refractivity contribution is 7.98. The smallest absolute Gasteiger partial charge is 0.410 e. The first-order chi connectivity index (χ1) is 16.6. The van der Waals surface area contributed by atoms with E-state index in [-0.39, 0.29) is 27.6 Å². The summed E-state index contributed by atoms with van der Waals surface area (Å²) in [6, 6.07) is 8.39. The van der Waals surface area contributed by atoms with E-state index in [1.165, 1.54) is 54.7 Å². The number of carbonyl (C=O) groups excluding carboxylic acids is 1. The summed E-state index contributed by atoms with van der Waals surface area (Å²) >= 11 is 0.496. The van der Waals surface area contributed by atoms with E-state index in [0.717, 1.165) is 10.2 Å². The van der Waals surface area contributed by atoms with Crippen LogP contribution in [0.3, 0.4) is 0 Å². The van der Waals surface area contributed by atoms with Gasteiger partial charge in [-0.15, -0.1) is 11.8 Å². The Morgan fingerprint density at radius 2 is 2.00 bits per heavy atom. The minimum absolute atomic E-state index is 0.00786. The molecule has 176 valence electrons. The van der Waals surface area contributed by atoms with Crippen LogP contribution in [0.4, 0.5) is 9.18 Å². The van der Waals surface area contributed by atoms with Crippen LogP contribution in [0, 0.1) is 5.82 Å². The molecule has 7 nitrogen and oxygen atoms in total. The molecule has 0 fully saturated rings. The highest BCUT2D eigenvalue weighted by Gasteiger charge is 2.26. The van der Waals surface area contributed by atoms with Gasteiger partial charge in [-0.3, -0.25) is 4.98 Å². The van der Waals surface area contributed by atoms with Gasteiger partial charge in [-0.05, 0) is 56.8 Å². The first kappa shape index (κ1) is 20.7. The third kappa shape index (κ3) is 5.75. The van der Waals surface area contributed by atoms with Gasteiger partial charge in [-0.25, -0.2) is 21.6 Å². The van der Waals surface area contributed by atoms with Gasteiger partial charge in [0, 0.05) is 40.2 Å². The van der Waals surface area contributed by atoms with E-state index in [0.29, 0.717) is 17.3 Å². The number of nitrogens with zero attached hydrogens (tertiary/aromatic N) is 3. The lowest BCUT2D eigenvalue weighted by Gasteiger charge is -2.24. The number of carbonyl (C=O) groups is 1. The normalized spacial score (nSPS) is 13.7. The Hall–Kier alpha value is -2.85. The average Bonchev–Trinajstić information content (AvgIpc) is 3.16. The van der Waals surface area contributed by atoms with Gasteiger partial charge in [0.15, 0.2) is 0 Å². The molecule has 3 aromatic rings. The number of hydrogen-bond donors (Lipinski definition) is 0. The third-order valence-corrected chi connectivity index (χ3v) is 6.58. The number of benzene rings is 1. The van der Waals surface area contributed by atoms with E-state index in [1.54, 1.807) is 26.8 Å². The molecule has 2 aromatic heterocycles. The van der Waals surface area contributed by atoms with Crippen molar-refractivity contribution in [3.63, 3.8) is 0 Å². The molecular weight excluding hydrogens is 465 g/mol. The van der Waals surface area contributed by atoms with E-state index < -0.39 is 33.7 Å². The highest BCUT2D eigenvalue weighted by Crippen LogP contribution is 2.30. The fourth-order valence-electron chi connectivity index (χ4n) is 3.04. The summed E-state index contributed by atoms with van der Waals surface area (Å²) in [5, 5.41) is 0. The van der Waals surface area contributed by atoms with Crippen LogP contribution in [0.1, 0.15) is 30.4 Å². The highest BCUT2D eigenvalue weighted by atomic mass is 32.2. The molecule has 0 radical (unpaired) electrons. The Morgan fingerprint density at radius 1 is 1.27 bits per heavy atom. The van der Waals surface area contributed by atoms with Crippen molar-refractivity contribution < 1.29 is 26.5 Å². The van der Waals surface area contributed by atoms with Crippen molar-refractivity contribution in [2.45, 2.75) is 42.7 Å². The zero-order valence-electron chi connectivity index (χ0n) is 21.6. The lowest BCUT2D eigenvalue weighted by atomic mass is 10.1. The number of pyridine rings is 1. The summed E-state index contributed by atoms with van der Waals surface area (Å²) in [5.74, 6) is -0.635. The maximum absolute atomic E-state index is 14.7. The van der Waals surface area contributed by atoms with Crippen molar-refractivity contribution in [2.75, 3.05) is 13.2 Å². The van der Waals surface area contributed by atoms with Crippen molar-refractivity contribution in [3.05, 3.63) is 66.4 Å². The number of rotatable bonds is 6. The second-order valence-corrected chi connectivity index (χ2v) is 10.8. The molecule has 33 heavy (non-hydrogen) atoms. The maximum Gasteiger partial charge on any atom is 0.410 e. The minimum Gasteiger partial charge on any atom is -0.444 e. The van der Waals surface area contributed by atoms with E-state index in [1.807, 2.05) is 0 Å². The van der Waals surface area contributed by atoms with Crippen LogP contribution in [-0.2, 0) is 21.3 Å². The summed E-state index contributed by atoms with van der Waals surface area (Å²) in [6.45, 7) is 5.17. The van der Waals surface area contributed by atoms with Gasteiger partial charge < -0.3 is 9.64 Å². The van der Waals surface area contributed by atoms with Crippen LogP contribution >= 0.6 is 11.8 Å². The minimum atomic E-state index is -4.32. The predicted octanol–water partition coefficient (Wildman–Crippen LogP) is 5.02. The fourth-order valence-corrected chi connectivity index (χ4v) is 4.79. The molecule has 0 N–H and O–H groups in total. The van der Waals surface area contributed by atoms with Crippen molar-refractivity contribution in [1.29, 1.82) is 0 Å². The van der Waals surface area contributed by atoms with Crippen molar-refractivity contribution in [3.8, 4) is 11.3 Å². The zero-order valence-corrected chi connectivity index (χ0v) is 20.2. The molecule has 0 aliphatic heterocycles. The van der Waals surface area contributed by atoms with Crippen molar-refractivity contribution in [2.24, 2.45) is 0 Å². The molecule has 1 aromatic carbocycles. The molecule has 3 rings (SSSR count). The lowest BCUT2D eigenvalue weighted by molar-refractivity contribution is 0.0285. The Bertz CT molecular complexity index is 1370. The summed E-state index contributed by atoms with van der Waals surface area (Å²) in [7, 11) is -2.82. The standard InChI is InChI=1S/C23H26FN3O4S2/c1-23(2,3)31-22(28)26(4)14-16-10-21(19-8-6-7-9-20(19)24)27(15-16)33(29,30)18-11-17(32-5)12-25-13-18/h6-13,15H,14H2,1-5H3/i5D3. The first-order valence-corrected chi connectivity index (χ1v) is 12.1. The second kappa shape index (κ2) is 9.56. The van der Waals surface area contributed by atoms with Crippen molar-refractivity contribution in [1.82, 2.24) is 13.9 Å². The molecule has 0 aliphatic rings. The largest absolute Gasteiger partial charge is 0.444 e. The summed E-state index contributed by atoms with van der Waals surface area (Å²) in [6.07, 6.45) is 0.641. The first-order valence-electron chi connectivity index (χ1n) is 11.4. The van der Waals surface area contributed by atoms with Gasteiger partial charge in [0.25, 0.3) is 10.0 Å². The third-order valence-electron chi connectivity index (χ3n) is 4.48. The Kier molecular flexibility index (Phi) is 6.01. The van der Waals surface area contributed by atoms with Gasteiger partial charge in [0.1, 0.15) is 16.3 Å². The van der Waals surface area contributed by atoms with Crippen molar-refractivity contribution >= 4 is 27.9 Å². The summed E-state index contributed by atoms with van der Waals surface area (Å²) in [5.41, 5.74) is -0.238. The second-order valence-electron chi connectivity index (χ2n) is 8.31. The molecule has 0 atom stereocenters. The van der Waals surface area contributed by atoms with E-state index in [4.69, 9.17) is 8.85 Å².